The molecular weight excluding hydrogens is 468 g/mol. The summed E-state index contributed by atoms with van der Waals surface area (Å²) in [4.78, 5) is 33.6. The van der Waals surface area contributed by atoms with Gasteiger partial charge in [-0.05, 0) is 24.6 Å². The molecule has 5 aromatic rings. The molecule has 0 spiro atoms. The molecule has 0 radical (unpaired) electrons. The normalized spacial score (nSPS) is 14.8. The molecule has 1 amide bonds. The Hall–Kier alpha value is -3.81. The smallest absolute Gasteiger partial charge is 0.291 e. The van der Waals surface area contributed by atoms with E-state index in [1.807, 2.05) is 73.7 Å². The minimum atomic E-state index is -0.344. The number of thiazole rings is 1. The summed E-state index contributed by atoms with van der Waals surface area (Å²) < 4.78 is 1.62. The van der Waals surface area contributed by atoms with Gasteiger partial charge in [-0.25, -0.2) is 0 Å². The van der Waals surface area contributed by atoms with E-state index >= 15 is 0 Å². The van der Waals surface area contributed by atoms with Crippen molar-refractivity contribution < 1.29 is 4.79 Å². The number of carbonyl (C=O) groups excluding carboxylic acids is 1. The van der Waals surface area contributed by atoms with Crippen molar-refractivity contribution >= 4 is 45.1 Å². The van der Waals surface area contributed by atoms with Gasteiger partial charge in [0.1, 0.15) is 4.53 Å². The van der Waals surface area contributed by atoms with Crippen LogP contribution in [0.2, 0.25) is 5.02 Å². The Morgan fingerprint density at radius 2 is 1.68 bits per heavy atom. The van der Waals surface area contributed by atoms with Crippen LogP contribution in [0.15, 0.2) is 77.6 Å². The van der Waals surface area contributed by atoms with E-state index in [0.29, 0.717) is 32.5 Å². The summed E-state index contributed by atoms with van der Waals surface area (Å²) in [5.41, 5.74) is 4.31. The number of halogens is 1. The number of aryl methyl sites for hydroxylation is 1. The van der Waals surface area contributed by atoms with Crippen LogP contribution in [0.5, 0.6) is 0 Å². The number of nitrogens with zero attached hydrogens (tertiary/aromatic N) is 4. The molecule has 166 valence electrons. The van der Waals surface area contributed by atoms with Gasteiger partial charge in [0.05, 0.1) is 17.8 Å². The van der Waals surface area contributed by atoms with Crippen LogP contribution >= 0.6 is 22.9 Å². The number of hydrogen-bond donors (Lipinski definition) is 0. The molecule has 2 aromatic heterocycles. The summed E-state index contributed by atoms with van der Waals surface area (Å²) in [5, 5.41) is 5.02. The minimum absolute atomic E-state index is 0.235. The van der Waals surface area contributed by atoms with Gasteiger partial charge in [-0.3, -0.25) is 9.59 Å². The zero-order valence-electron chi connectivity index (χ0n) is 18.0. The predicted molar refractivity (Wildman–Crippen MR) is 134 cm³/mol. The lowest BCUT2D eigenvalue weighted by molar-refractivity contribution is -0.113. The third kappa shape index (κ3) is 3.24. The first-order valence-electron chi connectivity index (χ1n) is 10.7. The molecular formula is C26H17ClN4O2S. The van der Waals surface area contributed by atoms with Gasteiger partial charge in [-0.15, -0.1) is 5.10 Å². The van der Waals surface area contributed by atoms with Crippen LogP contribution in [0.25, 0.3) is 21.9 Å². The topological polar surface area (TPSA) is 67.6 Å². The zero-order valence-corrected chi connectivity index (χ0v) is 19.6. The quantitative estimate of drug-likeness (QED) is 0.384. The van der Waals surface area contributed by atoms with Gasteiger partial charge in [0.15, 0.2) is 5.82 Å². The minimum Gasteiger partial charge on any atom is -0.303 e. The molecule has 0 unspecified atom stereocenters. The van der Waals surface area contributed by atoms with Crippen molar-refractivity contribution in [2.24, 2.45) is 0 Å². The summed E-state index contributed by atoms with van der Waals surface area (Å²) in [6.45, 7) is 2.32. The number of hydrogen-bond acceptors (Lipinski definition) is 5. The Kier molecular flexibility index (Phi) is 4.83. The summed E-state index contributed by atoms with van der Waals surface area (Å²) in [6, 6.07) is 22.7. The standard InChI is InChI=1S/C26H17ClN4O2S/c1-15-10-12-16(13-11-15)23-28-26-31(29-23)25(33)22(34-26)21-18-7-3-5-9-20(18)30(24(21)32)14-17-6-2-4-8-19(17)27/h2-13H,14H2,1H3. The molecule has 0 bridgehead atoms. The number of anilines is 1. The van der Waals surface area contributed by atoms with E-state index in [2.05, 4.69) is 10.1 Å². The molecule has 34 heavy (non-hydrogen) atoms. The maximum Gasteiger partial charge on any atom is 0.291 e. The van der Waals surface area contributed by atoms with Crippen LogP contribution < -0.4 is 15.0 Å². The Balaban J connectivity index is 1.50. The summed E-state index contributed by atoms with van der Waals surface area (Å²) in [5.74, 6) is 0.250. The number of fused-ring (bicyclic) bond motifs is 2. The molecule has 0 aliphatic carbocycles. The molecule has 8 heteroatoms. The fraction of sp³-hybridized carbons (Fsp3) is 0.0769. The van der Waals surface area contributed by atoms with Gasteiger partial charge < -0.3 is 4.90 Å². The SMILES string of the molecule is Cc1ccc(-c2nc3sc(=C4C(=O)N(Cc5ccccc5Cl)c5ccccc54)c(=O)n3n2)cc1. The van der Waals surface area contributed by atoms with Crippen molar-refractivity contribution in [3.05, 3.63) is 109 Å². The van der Waals surface area contributed by atoms with E-state index < -0.39 is 0 Å². The van der Waals surface area contributed by atoms with Crippen LogP contribution in [0.3, 0.4) is 0 Å². The van der Waals surface area contributed by atoms with Crippen molar-refractivity contribution in [2.45, 2.75) is 13.5 Å². The van der Waals surface area contributed by atoms with E-state index in [9.17, 15) is 9.59 Å². The Labute approximate surface area is 203 Å². The highest BCUT2D eigenvalue weighted by molar-refractivity contribution is 7.15. The Bertz CT molecular complexity index is 1710. The van der Waals surface area contributed by atoms with Crippen LogP contribution in [0.1, 0.15) is 16.7 Å². The molecule has 0 N–H and O–H groups in total. The van der Waals surface area contributed by atoms with Gasteiger partial charge in [0.25, 0.3) is 11.5 Å². The Morgan fingerprint density at radius 3 is 2.44 bits per heavy atom. The number of para-hydroxylation sites is 1. The average Bonchev–Trinajstić information content (AvgIpc) is 3.47. The molecule has 0 fully saturated rings. The van der Waals surface area contributed by atoms with E-state index in [-0.39, 0.29) is 11.5 Å². The molecule has 0 atom stereocenters. The molecule has 1 aliphatic heterocycles. The lowest BCUT2D eigenvalue weighted by Crippen LogP contribution is -2.32. The lowest BCUT2D eigenvalue weighted by atomic mass is 10.1. The second kappa shape index (κ2) is 7.90. The first-order valence-corrected chi connectivity index (χ1v) is 11.9. The maximum atomic E-state index is 13.6. The fourth-order valence-electron chi connectivity index (χ4n) is 4.16. The summed E-state index contributed by atoms with van der Waals surface area (Å²) >= 11 is 7.54. The molecule has 3 heterocycles. The van der Waals surface area contributed by atoms with Gasteiger partial charge >= 0.3 is 0 Å². The van der Waals surface area contributed by atoms with E-state index in [1.54, 1.807) is 11.0 Å². The van der Waals surface area contributed by atoms with Gasteiger partial charge in [-0.2, -0.15) is 9.50 Å². The number of carbonyl (C=O) groups is 1. The maximum absolute atomic E-state index is 13.6. The molecule has 1 aliphatic rings. The highest BCUT2D eigenvalue weighted by Crippen LogP contribution is 2.37. The van der Waals surface area contributed by atoms with Crippen LogP contribution in [-0.4, -0.2) is 20.5 Å². The van der Waals surface area contributed by atoms with E-state index in [0.717, 1.165) is 27.9 Å². The molecule has 0 saturated heterocycles. The zero-order chi connectivity index (χ0) is 23.4. The van der Waals surface area contributed by atoms with Gasteiger partial charge in [0.2, 0.25) is 4.96 Å². The van der Waals surface area contributed by atoms with Gasteiger partial charge in [-0.1, -0.05) is 89.2 Å². The highest BCUT2D eigenvalue weighted by atomic mass is 35.5. The third-order valence-corrected chi connectivity index (χ3v) is 7.30. The van der Waals surface area contributed by atoms with Crippen molar-refractivity contribution in [3.8, 4) is 11.4 Å². The molecule has 6 rings (SSSR count). The van der Waals surface area contributed by atoms with Crippen LogP contribution in [0.4, 0.5) is 5.69 Å². The van der Waals surface area contributed by atoms with Gasteiger partial charge in [0, 0.05) is 16.1 Å². The molecule has 6 nitrogen and oxygen atoms in total. The van der Waals surface area contributed by atoms with Crippen molar-refractivity contribution in [2.75, 3.05) is 4.90 Å². The van der Waals surface area contributed by atoms with Crippen LogP contribution in [0, 0.1) is 6.92 Å². The van der Waals surface area contributed by atoms with E-state index in [4.69, 9.17) is 11.6 Å². The second-order valence-electron chi connectivity index (χ2n) is 8.11. The van der Waals surface area contributed by atoms with Crippen molar-refractivity contribution in [3.63, 3.8) is 0 Å². The van der Waals surface area contributed by atoms with Crippen molar-refractivity contribution in [1.82, 2.24) is 14.6 Å². The van der Waals surface area contributed by atoms with Crippen molar-refractivity contribution in [1.29, 1.82) is 0 Å². The fourth-order valence-corrected chi connectivity index (χ4v) is 5.36. The highest BCUT2D eigenvalue weighted by Gasteiger charge is 2.34. The molecule has 0 saturated carbocycles. The Morgan fingerprint density at radius 1 is 0.941 bits per heavy atom. The largest absolute Gasteiger partial charge is 0.303 e. The first kappa shape index (κ1) is 20.8. The summed E-state index contributed by atoms with van der Waals surface area (Å²) in [7, 11) is 0. The first-order chi connectivity index (χ1) is 16.5. The number of benzene rings is 3. The lowest BCUT2D eigenvalue weighted by Gasteiger charge is -2.17. The third-order valence-electron chi connectivity index (χ3n) is 5.90. The second-order valence-corrected chi connectivity index (χ2v) is 9.49. The monoisotopic (exact) mass is 484 g/mol. The average molecular weight is 485 g/mol. The number of amides is 1. The number of aromatic nitrogens is 3. The predicted octanol–water partition coefficient (Wildman–Crippen LogP) is 4.24. The summed E-state index contributed by atoms with van der Waals surface area (Å²) in [6.07, 6.45) is 0. The van der Waals surface area contributed by atoms with E-state index in [1.165, 1.54) is 15.9 Å². The molecule has 3 aromatic carbocycles. The van der Waals surface area contributed by atoms with Crippen LogP contribution in [-0.2, 0) is 11.3 Å². The number of rotatable bonds is 3.